The van der Waals surface area contributed by atoms with Crippen LogP contribution >= 0.6 is 0 Å². The maximum atomic E-state index is 12.1. The van der Waals surface area contributed by atoms with Crippen LogP contribution in [0.1, 0.15) is 50.9 Å². The molecule has 0 spiro atoms. The molecule has 0 aliphatic heterocycles. The summed E-state index contributed by atoms with van der Waals surface area (Å²) in [6.45, 7) is 7.88. The predicted molar refractivity (Wildman–Crippen MR) is 75.0 cm³/mol. The van der Waals surface area contributed by atoms with E-state index < -0.39 is 0 Å². The van der Waals surface area contributed by atoms with Crippen LogP contribution in [0.5, 0.6) is 11.5 Å². The van der Waals surface area contributed by atoms with Crippen molar-refractivity contribution in [3.63, 3.8) is 0 Å². The lowest BCUT2D eigenvalue weighted by molar-refractivity contribution is 0.0966. The van der Waals surface area contributed by atoms with E-state index >= 15 is 0 Å². The molecule has 0 N–H and O–H groups in total. The topological polar surface area (TPSA) is 35.5 Å². The maximum absolute atomic E-state index is 12.1. The molecule has 0 heterocycles. The van der Waals surface area contributed by atoms with Gasteiger partial charge in [0.25, 0.3) is 0 Å². The summed E-state index contributed by atoms with van der Waals surface area (Å²) in [6, 6.07) is 5.50. The molecule has 0 unspecified atom stereocenters. The van der Waals surface area contributed by atoms with Gasteiger partial charge in [-0.15, -0.1) is 0 Å². The van der Waals surface area contributed by atoms with Crippen LogP contribution in [-0.4, -0.2) is 18.0 Å². The third kappa shape index (κ3) is 3.72. The van der Waals surface area contributed by atoms with E-state index in [-0.39, 0.29) is 23.9 Å². The molecule has 0 radical (unpaired) electrons. The van der Waals surface area contributed by atoms with Gasteiger partial charge in [-0.05, 0) is 58.7 Å². The van der Waals surface area contributed by atoms with Crippen LogP contribution in [0, 0.1) is 5.92 Å². The molecule has 1 fully saturated rings. The summed E-state index contributed by atoms with van der Waals surface area (Å²) >= 11 is 0. The van der Waals surface area contributed by atoms with Crippen molar-refractivity contribution >= 4 is 5.78 Å². The number of hydrogen-bond donors (Lipinski definition) is 0. The Morgan fingerprint density at radius 2 is 1.63 bits per heavy atom. The SMILES string of the molecule is CC(C)Oc1ccc(C(=O)C2CC2)cc1OC(C)C. The minimum absolute atomic E-state index is 0.0563. The summed E-state index contributed by atoms with van der Waals surface area (Å²) in [7, 11) is 0. The molecule has 1 saturated carbocycles. The van der Waals surface area contributed by atoms with Crippen LogP contribution in [0.15, 0.2) is 18.2 Å². The fourth-order valence-corrected chi connectivity index (χ4v) is 1.94. The molecule has 0 aromatic heterocycles. The maximum Gasteiger partial charge on any atom is 0.166 e. The smallest absolute Gasteiger partial charge is 0.166 e. The average molecular weight is 262 g/mol. The first-order valence-corrected chi connectivity index (χ1v) is 6.99. The molecule has 104 valence electrons. The highest BCUT2D eigenvalue weighted by atomic mass is 16.5. The molecule has 3 nitrogen and oxygen atoms in total. The highest BCUT2D eigenvalue weighted by molar-refractivity contribution is 5.99. The molecule has 1 aromatic carbocycles. The van der Waals surface area contributed by atoms with Gasteiger partial charge in [-0.25, -0.2) is 0 Å². The van der Waals surface area contributed by atoms with Crippen molar-refractivity contribution in [3.8, 4) is 11.5 Å². The summed E-state index contributed by atoms with van der Waals surface area (Å²) in [5, 5.41) is 0. The lowest BCUT2D eigenvalue weighted by Crippen LogP contribution is -2.12. The Morgan fingerprint density at radius 1 is 1.05 bits per heavy atom. The van der Waals surface area contributed by atoms with Gasteiger partial charge in [-0.2, -0.15) is 0 Å². The van der Waals surface area contributed by atoms with Crippen molar-refractivity contribution in [1.29, 1.82) is 0 Å². The van der Waals surface area contributed by atoms with Crippen LogP contribution in [0.3, 0.4) is 0 Å². The van der Waals surface area contributed by atoms with Crippen LogP contribution in [0.25, 0.3) is 0 Å². The van der Waals surface area contributed by atoms with Crippen LogP contribution in [0.2, 0.25) is 0 Å². The number of rotatable bonds is 6. The molecule has 1 aromatic rings. The summed E-state index contributed by atoms with van der Waals surface area (Å²) in [5.41, 5.74) is 0.731. The first kappa shape index (κ1) is 13.9. The van der Waals surface area contributed by atoms with Gasteiger partial charge in [0.1, 0.15) is 0 Å². The van der Waals surface area contributed by atoms with Gasteiger partial charge < -0.3 is 9.47 Å². The number of ketones is 1. The normalized spacial score (nSPS) is 14.8. The van der Waals surface area contributed by atoms with Gasteiger partial charge in [0, 0.05) is 11.5 Å². The highest BCUT2D eigenvalue weighted by Gasteiger charge is 2.30. The van der Waals surface area contributed by atoms with Gasteiger partial charge >= 0.3 is 0 Å². The minimum Gasteiger partial charge on any atom is -0.487 e. The molecular weight excluding hydrogens is 240 g/mol. The van der Waals surface area contributed by atoms with E-state index in [0.717, 1.165) is 18.4 Å². The standard InChI is InChI=1S/C16H22O3/c1-10(2)18-14-8-7-13(16(17)12-5-6-12)9-15(14)19-11(3)4/h7-12H,5-6H2,1-4H3. The Balaban J connectivity index is 2.26. The quantitative estimate of drug-likeness (QED) is 0.730. The van der Waals surface area contributed by atoms with E-state index in [1.807, 2.05) is 45.9 Å². The number of carbonyl (C=O) groups excluding carboxylic acids is 1. The molecule has 1 aliphatic carbocycles. The Morgan fingerprint density at radius 3 is 2.16 bits per heavy atom. The van der Waals surface area contributed by atoms with Gasteiger partial charge in [0.2, 0.25) is 0 Å². The number of carbonyl (C=O) groups is 1. The number of ether oxygens (including phenoxy) is 2. The van der Waals surface area contributed by atoms with E-state index in [4.69, 9.17) is 9.47 Å². The molecule has 1 aliphatic rings. The Kier molecular flexibility index (Phi) is 4.13. The molecular formula is C16H22O3. The van der Waals surface area contributed by atoms with Gasteiger partial charge in [-0.1, -0.05) is 0 Å². The van der Waals surface area contributed by atoms with Gasteiger partial charge in [0.05, 0.1) is 12.2 Å². The fourth-order valence-electron chi connectivity index (χ4n) is 1.94. The van der Waals surface area contributed by atoms with E-state index in [9.17, 15) is 4.79 Å². The summed E-state index contributed by atoms with van der Waals surface area (Å²) in [4.78, 5) is 12.1. The molecule has 19 heavy (non-hydrogen) atoms. The van der Waals surface area contributed by atoms with Crippen molar-refractivity contribution in [1.82, 2.24) is 0 Å². The average Bonchev–Trinajstić information content (AvgIpc) is 3.13. The van der Waals surface area contributed by atoms with Crippen LogP contribution in [-0.2, 0) is 0 Å². The van der Waals surface area contributed by atoms with Gasteiger partial charge in [-0.3, -0.25) is 4.79 Å². The fraction of sp³-hybridized carbons (Fsp3) is 0.562. The van der Waals surface area contributed by atoms with Gasteiger partial charge in [0.15, 0.2) is 17.3 Å². The Bertz CT molecular complexity index is 459. The van der Waals surface area contributed by atoms with Crippen molar-refractivity contribution in [2.75, 3.05) is 0 Å². The minimum atomic E-state index is 0.0563. The summed E-state index contributed by atoms with van der Waals surface area (Å²) < 4.78 is 11.5. The molecule has 0 atom stereocenters. The van der Waals surface area contributed by atoms with Crippen molar-refractivity contribution in [2.45, 2.75) is 52.7 Å². The predicted octanol–water partition coefficient (Wildman–Crippen LogP) is 3.85. The molecule has 3 heteroatoms. The zero-order valence-corrected chi connectivity index (χ0v) is 12.1. The third-order valence-corrected chi connectivity index (χ3v) is 2.90. The molecule has 0 bridgehead atoms. The van der Waals surface area contributed by atoms with Crippen molar-refractivity contribution in [3.05, 3.63) is 23.8 Å². The lowest BCUT2D eigenvalue weighted by Gasteiger charge is -2.17. The van der Waals surface area contributed by atoms with Crippen molar-refractivity contribution in [2.24, 2.45) is 5.92 Å². The van der Waals surface area contributed by atoms with Crippen molar-refractivity contribution < 1.29 is 14.3 Å². The molecule has 2 rings (SSSR count). The zero-order valence-electron chi connectivity index (χ0n) is 12.1. The number of hydrogen-bond acceptors (Lipinski definition) is 3. The monoisotopic (exact) mass is 262 g/mol. The largest absolute Gasteiger partial charge is 0.487 e. The summed E-state index contributed by atoms with van der Waals surface area (Å²) in [6.07, 6.45) is 2.17. The second kappa shape index (κ2) is 5.64. The van der Waals surface area contributed by atoms with Crippen LogP contribution < -0.4 is 9.47 Å². The van der Waals surface area contributed by atoms with Crippen LogP contribution in [0.4, 0.5) is 0 Å². The first-order valence-electron chi connectivity index (χ1n) is 6.99. The Hall–Kier alpha value is -1.51. The third-order valence-electron chi connectivity index (χ3n) is 2.90. The van der Waals surface area contributed by atoms with E-state index in [1.165, 1.54) is 0 Å². The second-order valence-corrected chi connectivity index (χ2v) is 5.63. The number of Topliss-reactive ketones (excluding diaryl/α,β-unsaturated/α-hetero) is 1. The lowest BCUT2D eigenvalue weighted by atomic mass is 10.1. The highest BCUT2D eigenvalue weighted by Crippen LogP contribution is 2.36. The Labute approximate surface area is 114 Å². The molecule has 0 saturated heterocycles. The van der Waals surface area contributed by atoms with E-state index in [0.29, 0.717) is 11.5 Å². The van der Waals surface area contributed by atoms with E-state index in [1.54, 1.807) is 0 Å². The summed E-state index contributed by atoms with van der Waals surface area (Å²) in [5.74, 6) is 1.82. The number of benzene rings is 1. The van der Waals surface area contributed by atoms with E-state index in [2.05, 4.69) is 0 Å². The zero-order chi connectivity index (χ0) is 14.0. The molecule has 0 amide bonds. The first-order chi connectivity index (χ1) is 8.97. The second-order valence-electron chi connectivity index (χ2n) is 5.63.